The van der Waals surface area contributed by atoms with Gasteiger partial charge in [0.15, 0.2) is 0 Å². The first-order valence-corrected chi connectivity index (χ1v) is 14.1. The zero-order valence-electron chi connectivity index (χ0n) is 21.5. The molecule has 1 N–H and O–H groups in total. The molecule has 0 aromatic heterocycles. The maximum atomic E-state index is 14.7. The first-order valence-electron chi connectivity index (χ1n) is 12.6. The van der Waals surface area contributed by atoms with E-state index in [4.69, 9.17) is 0 Å². The molecule has 1 aliphatic heterocycles. The monoisotopic (exact) mass is 523 g/mol. The van der Waals surface area contributed by atoms with Crippen molar-refractivity contribution in [2.24, 2.45) is 5.92 Å². The van der Waals surface area contributed by atoms with E-state index in [1.165, 1.54) is 43.2 Å². The lowest BCUT2D eigenvalue weighted by molar-refractivity contribution is -0.120. The highest BCUT2D eigenvalue weighted by Crippen LogP contribution is 2.27. The third-order valence-electron chi connectivity index (χ3n) is 6.94. The van der Waals surface area contributed by atoms with Crippen LogP contribution in [0.15, 0.2) is 77.7 Å². The van der Waals surface area contributed by atoms with Crippen molar-refractivity contribution >= 4 is 27.3 Å². The van der Waals surface area contributed by atoms with Crippen molar-refractivity contribution in [1.82, 2.24) is 5.32 Å². The molecule has 0 radical (unpaired) electrons. The fourth-order valence-electron chi connectivity index (χ4n) is 4.53. The normalized spacial score (nSPS) is 15.3. The van der Waals surface area contributed by atoms with Gasteiger partial charge >= 0.3 is 0 Å². The van der Waals surface area contributed by atoms with Gasteiger partial charge in [0.2, 0.25) is 5.91 Å². The SMILES string of the molecule is Cc1ccc(S(=O)(=O)N(CC(=O)NC(C)c2ccc(N3CCC(C)CC3)cc2)c2ccccc2F)cc1. The highest BCUT2D eigenvalue weighted by Gasteiger charge is 2.29. The number of halogens is 1. The summed E-state index contributed by atoms with van der Waals surface area (Å²) in [5.41, 5.74) is 2.78. The number of nitrogens with zero attached hydrogens (tertiary/aromatic N) is 2. The average molecular weight is 524 g/mol. The minimum atomic E-state index is -4.18. The molecule has 8 heteroatoms. The molecule has 0 spiro atoms. The number of piperidine rings is 1. The van der Waals surface area contributed by atoms with Crippen molar-refractivity contribution in [1.29, 1.82) is 0 Å². The zero-order valence-corrected chi connectivity index (χ0v) is 22.3. The fraction of sp³-hybridized carbons (Fsp3) is 0.345. The van der Waals surface area contributed by atoms with Crippen LogP contribution in [0.5, 0.6) is 0 Å². The fourth-order valence-corrected chi connectivity index (χ4v) is 5.96. The molecule has 1 amide bonds. The summed E-state index contributed by atoms with van der Waals surface area (Å²) in [7, 11) is -4.18. The number of anilines is 2. The summed E-state index contributed by atoms with van der Waals surface area (Å²) in [5.74, 6) is -0.494. The third-order valence-corrected chi connectivity index (χ3v) is 8.71. The van der Waals surface area contributed by atoms with Crippen LogP contribution in [0.2, 0.25) is 0 Å². The summed E-state index contributed by atoms with van der Waals surface area (Å²) in [6, 6.07) is 19.5. The molecule has 4 rings (SSSR count). The van der Waals surface area contributed by atoms with Gasteiger partial charge in [0.1, 0.15) is 12.4 Å². The quantitative estimate of drug-likeness (QED) is 0.427. The van der Waals surface area contributed by atoms with Crippen molar-refractivity contribution in [2.45, 2.75) is 44.6 Å². The summed E-state index contributed by atoms with van der Waals surface area (Å²) in [4.78, 5) is 15.4. The van der Waals surface area contributed by atoms with E-state index in [1.807, 2.05) is 26.0 Å². The third kappa shape index (κ3) is 6.31. The highest BCUT2D eigenvalue weighted by molar-refractivity contribution is 7.92. The number of sulfonamides is 1. The maximum Gasteiger partial charge on any atom is 0.264 e. The second-order valence-electron chi connectivity index (χ2n) is 9.83. The van der Waals surface area contributed by atoms with Gasteiger partial charge in [-0.15, -0.1) is 0 Å². The number of amides is 1. The minimum Gasteiger partial charge on any atom is -0.372 e. The van der Waals surface area contributed by atoms with Crippen LogP contribution in [-0.2, 0) is 14.8 Å². The standard InChI is InChI=1S/C29H34FN3O3S/c1-21-8-14-26(15-9-21)37(35,36)33(28-7-5-4-6-27(28)30)20-29(34)31-23(3)24-10-12-25(13-11-24)32-18-16-22(2)17-19-32/h4-15,22-23H,16-20H2,1-3H3,(H,31,34). The number of benzene rings is 3. The highest BCUT2D eigenvalue weighted by atomic mass is 32.2. The first kappa shape index (κ1) is 26.7. The Hall–Kier alpha value is -3.39. The van der Waals surface area contributed by atoms with Crippen molar-refractivity contribution in [3.8, 4) is 0 Å². The van der Waals surface area contributed by atoms with Gasteiger partial charge in [0.25, 0.3) is 10.0 Å². The van der Waals surface area contributed by atoms with Gasteiger partial charge < -0.3 is 10.2 Å². The number of carbonyl (C=O) groups excluding carboxylic acids is 1. The molecule has 37 heavy (non-hydrogen) atoms. The van der Waals surface area contributed by atoms with Gasteiger partial charge in [-0.3, -0.25) is 9.10 Å². The summed E-state index contributed by atoms with van der Waals surface area (Å²) in [5, 5.41) is 2.87. The summed E-state index contributed by atoms with van der Waals surface area (Å²) < 4.78 is 42.5. The Morgan fingerprint density at radius 1 is 1.03 bits per heavy atom. The van der Waals surface area contributed by atoms with Crippen molar-refractivity contribution in [3.05, 3.63) is 89.7 Å². The lowest BCUT2D eigenvalue weighted by Crippen LogP contribution is -2.42. The van der Waals surface area contributed by atoms with Crippen LogP contribution < -0.4 is 14.5 Å². The molecular weight excluding hydrogens is 489 g/mol. The largest absolute Gasteiger partial charge is 0.372 e. The van der Waals surface area contributed by atoms with Crippen LogP contribution in [0.3, 0.4) is 0 Å². The van der Waals surface area contributed by atoms with Crippen molar-refractivity contribution in [2.75, 3.05) is 28.8 Å². The van der Waals surface area contributed by atoms with Crippen molar-refractivity contribution in [3.63, 3.8) is 0 Å². The first-order chi connectivity index (χ1) is 17.6. The van der Waals surface area contributed by atoms with Crippen LogP contribution in [-0.4, -0.2) is 34.0 Å². The van der Waals surface area contributed by atoms with Gasteiger partial charge in [-0.1, -0.05) is 48.9 Å². The molecule has 3 aromatic carbocycles. The number of rotatable bonds is 8. The molecule has 6 nitrogen and oxygen atoms in total. The van der Waals surface area contributed by atoms with E-state index in [0.717, 1.165) is 40.1 Å². The van der Waals surface area contributed by atoms with Gasteiger partial charge in [-0.25, -0.2) is 12.8 Å². The van der Waals surface area contributed by atoms with Gasteiger partial charge in [0, 0.05) is 18.8 Å². The van der Waals surface area contributed by atoms with Crippen LogP contribution in [0.25, 0.3) is 0 Å². The second kappa shape index (κ2) is 11.3. The number of nitrogens with one attached hydrogen (secondary N) is 1. The van der Waals surface area contributed by atoms with E-state index in [2.05, 4.69) is 29.3 Å². The molecule has 1 aliphatic rings. The number of hydrogen-bond acceptors (Lipinski definition) is 4. The van der Waals surface area contributed by atoms with Gasteiger partial charge in [-0.2, -0.15) is 0 Å². The molecule has 3 aromatic rings. The van der Waals surface area contributed by atoms with Crippen molar-refractivity contribution < 1.29 is 17.6 Å². The summed E-state index contributed by atoms with van der Waals surface area (Å²) in [6.07, 6.45) is 2.36. The van der Waals surface area contributed by atoms with Crippen LogP contribution in [0.1, 0.15) is 43.9 Å². The molecule has 1 atom stereocenters. The average Bonchev–Trinajstić information content (AvgIpc) is 2.88. The van der Waals surface area contributed by atoms with E-state index in [1.54, 1.807) is 18.2 Å². The molecule has 1 fully saturated rings. The second-order valence-corrected chi connectivity index (χ2v) is 11.7. The Morgan fingerprint density at radius 2 is 1.65 bits per heavy atom. The summed E-state index contributed by atoms with van der Waals surface area (Å²) >= 11 is 0. The van der Waals surface area contributed by atoms with E-state index >= 15 is 0 Å². The van der Waals surface area contributed by atoms with Gasteiger partial charge in [0.05, 0.1) is 16.6 Å². The van der Waals surface area contributed by atoms with E-state index in [9.17, 15) is 17.6 Å². The van der Waals surface area contributed by atoms with E-state index in [0.29, 0.717) is 0 Å². The Morgan fingerprint density at radius 3 is 2.27 bits per heavy atom. The molecule has 1 saturated heterocycles. The number of hydrogen-bond donors (Lipinski definition) is 1. The van der Waals surface area contributed by atoms with E-state index < -0.39 is 28.3 Å². The van der Waals surface area contributed by atoms with E-state index in [-0.39, 0.29) is 16.6 Å². The molecule has 196 valence electrons. The molecular formula is C29H34FN3O3S. The predicted molar refractivity (Wildman–Crippen MR) is 146 cm³/mol. The molecule has 0 saturated carbocycles. The number of para-hydroxylation sites is 1. The van der Waals surface area contributed by atoms with Gasteiger partial charge in [-0.05, 0) is 74.6 Å². The number of aryl methyl sites for hydroxylation is 1. The topological polar surface area (TPSA) is 69.7 Å². The Kier molecular flexibility index (Phi) is 8.17. The number of carbonyl (C=O) groups is 1. The Labute approximate surface area is 219 Å². The summed E-state index contributed by atoms with van der Waals surface area (Å²) in [6.45, 7) is 7.49. The molecule has 0 aliphatic carbocycles. The molecule has 1 heterocycles. The van der Waals surface area contributed by atoms with Crippen LogP contribution >= 0.6 is 0 Å². The Balaban J connectivity index is 1.50. The molecule has 1 unspecified atom stereocenters. The predicted octanol–water partition coefficient (Wildman–Crippen LogP) is 5.44. The zero-order chi connectivity index (χ0) is 26.6. The van der Waals surface area contributed by atoms with Crippen LogP contribution in [0.4, 0.5) is 15.8 Å². The molecule has 0 bridgehead atoms. The lowest BCUT2D eigenvalue weighted by Gasteiger charge is -2.32. The smallest absolute Gasteiger partial charge is 0.264 e. The minimum absolute atomic E-state index is 0.00935. The lowest BCUT2D eigenvalue weighted by atomic mass is 9.98. The van der Waals surface area contributed by atoms with Crippen LogP contribution in [0, 0.1) is 18.7 Å². The maximum absolute atomic E-state index is 14.7. The Bertz CT molecular complexity index is 1320.